The number of benzene rings is 2. The molecule has 2 amide bonds. The van der Waals surface area contributed by atoms with Gasteiger partial charge in [0.05, 0.1) is 18.4 Å². The Labute approximate surface area is 139 Å². The molecule has 6 heteroatoms. The van der Waals surface area contributed by atoms with Gasteiger partial charge in [-0.15, -0.1) is 0 Å². The van der Waals surface area contributed by atoms with Crippen molar-refractivity contribution in [2.24, 2.45) is 0 Å². The molecule has 0 radical (unpaired) electrons. The van der Waals surface area contributed by atoms with E-state index in [0.717, 1.165) is 5.56 Å². The lowest BCUT2D eigenvalue weighted by Crippen LogP contribution is -2.31. The molecule has 2 rings (SSSR count). The Hall–Kier alpha value is -2.53. The molecule has 2 aromatic carbocycles. The Balaban J connectivity index is 2.08. The fourth-order valence-electron chi connectivity index (χ4n) is 2.07. The molecule has 0 aliphatic carbocycles. The van der Waals surface area contributed by atoms with Crippen LogP contribution in [-0.4, -0.2) is 31.1 Å². The van der Waals surface area contributed by atoms with Crippen LogP contribution in [0.15, 0.2) is 48.5 Å². The van der Waals surface area contributed by atoms with E-state index in [0.29, 0.717) is 22.8 Å². The number of nitrogens with zero attached hydrogens (tertiary/aromatic N) is 1. The Morgan fingerprint density at radius 1 is 1.17 bits per heavy atom. The first kappa shape index (κ1) is 16.8. The van der Waals surface area contributed by atoms with E-state index < -0.39 is 5.97 Å². The van der Waals surface area contributed by atoms with E-state index in [1.54, 1.807) is 43.4 Å². The summed E-state index contributed by atoms with van der Waals surface area (Å²) in [5.41, 5.74) is 1.62. The molecular formula is C17H17ClN2O3. The number of para-hydroxylation sites is 1. The highest BCUT2D eigenvalue weighted by atomic mass is 35.5. The Kier molecular flexibility index (Phi) is 5.60. The van der Waals surface area contributed by atoms with Gasteiger partial charge in [0.2, 0.25) is 0 Å². The first-order chi connectivity index (χ1) is 11.0. The minimum atomic E-state index is -0.501. The molecular weight excluding hydrogens is 316 g/mol. The summed E-state index contributed by atoms with van der Waals surface area (Å²) >= 11 is 5.94. The lowest BCUT2D eigenvalue weighted by Gasteiger charge is -2.19. The van der Waals surface area contributed by atoms with Crippen molar-refractivity contribution in [2.75, 3.05) is 19.5 Å². The lowest BCUT2D eigenvalue weighted by molar-refractivity contribution is 0.0602. The summed E-state index contributed by atoms with van der Waals surface area (Å²) in [6, 6.07) is 13.6. The van der Waals surface area contributed by atoms with E-state index in [1.807, 2.05) is 12.1 Å². The minimum absolute atomic E-state index is 0.305. The van der Waals surface area contributed by atoms with Crippen LogP contribution in [0.1, 0.15) is 15.9 Å². The van der Waals surface area contributed by atoms with Crippen molar-refractivity contribution in [1.82, 2.24) is 4.90 Å². The zero-order valence-corrected chi connectivity index (χ0v) is 13.6. The summed E-state index contributed by atoms with van der Waals surface area (Å²) in [5.74, 6) is -0.501. The first-order valence-corrected chi connectivity index (χ1v) is 7.33. The van der Waals surface area contributed by atoms with Crippen LogP contribution in [0, 0.1) is 0 Å². The zero-order chi connectivity index (χ0) is 16.8. The number of carbonyl (C=O) groups is 2. The van der Waals surface area contributed by atoms with Gasteiger partial charge < -0.3 is 15.0 Å². The first-order valence-electron chi connectivity index (χ1n) is 6.95. The number of nitrogens with one attached hydrogen (secondary N) is 1. The maximum atomic E-state index is 12.3. The molecule has 5 nitrogen and oxygen atoms in total. The SMILES string of the molecule is COC(=O)c1ccccc1NC(=O)N(C)Cc1cccc(Cl)c1. The molecule has 0 aliphatic heterocycles. The van der Waals surface area contributed by atoms with Crippen LogP contribution in [0.5, 0.6) is 0 Å². The lowest BCUT2D eigenvalue weighted by atomic mass is 10.2. The second-order valence-electron chi connectivity index (χ2n) is 4.95. The fraction of sp³-hybridized carbons (Fsp3) is 0.176. The Morgan fingerprint density at radius 2 is 1.91 bits per heavy atom. The molecule has 2 aromatic rings. The van der Waals surface area contributed by atoms with E-state index in [2.05, 4.69) is 5.32 Å². The molecule has 0 heterocycles. The highest BCUT2D eigenvalue weighted by Crippen LogP contribution is 2.17. The van der Waals surface area contributed by atoms with E-state index in [-0.39, 0.29) is 6.03 Å². The molecule has 120 valence electrons. The number of amides is 2. The van der Waals surface area contributed by atoms with Crippen molar-refractivity contribution in [2.45, 2.75) is 6.54 Å². The number of methoxy groups -OCH3 is 1. The Morgan fingerprint density at radius 3 is 2.61 bits per heavy atom. The van der Waals surface area contributed by atoms with Crippen LogP contribution >= 0.6 is 11.6 Å². The largest absolute Gasteiger partial charge is 0.465 e. The van der Waals surface area contributed by atoms with E-state index in [4.69, 9.17) is 16.3 Å². The summed E-state index contributed by atoms with van der Waals surface area (Å²) in [6.45, 7) is 0.396. The smallest absolute Gasteiger partial charge is 0.339 e. The van der Waals surface area contributed by atoms with E-state index >= 15 is 0 Å². The third kappa shape index (κ3) is 4.47. The average Bonchev–Trinajstić information content (AvgIpc) is 2.54. The third-order valence-electron chi connectivity index (χ3n) is 3.23. The highest BCUT2D eigenvalue weighted by molar-refractivity contribution is 6.30. The summed E-state index contributed by atoms with van der Waals surface area (Å²) < 4.78 is 4.71. The maximum absolute atomic E-state index is 12.3. The van der Waals surface area contributed by atoms with Crippen LogP contribution in [-0.2, 0) is 11.3 Å². The van der Waals surface area contributed by atoms with Crippen molar-refractivity contribution in [3.05, 3.63) is 64.7 Å². The minimum Gasteiger partial charge on any atom is -0.465 e. The van der Waals surface area contributed by atoms with Gasteiger partial charge >= 0.3 is 12.0 Å². The van der Waals surface area contributed by atoms with Crippen molar-refractivity contribution in [1.29, 1.82) is 0 Å². The maximum Gasteiger partial charge on any atom is 0.339 e. The number of hydrogen-bond acceptors (Lipinski definition) is 3. The normalized spacial score (nSPS) is 10.0. The van der Waals surface area contributed by atoms with Gasteiger partial charge in [-0.25, -0.2) is 9.59 Å². The number of hydrogen-bond donors (Lipinski definition) is 1. The molecule has 0 bridgehead atoms. The van der Waals surface area contributed by atoms with Crippen LogP contribution < -0.4 is 5.32 Å². The molecule has 0 spiro atoms. The van der Waals surface area contributed by atoms with E-state index in [1.165, 1.54) is 12.0 Å². The van der Waals surface area contributed by atoms with Crippen molar-refractivity contribution >= 4 is 29.3 Å². The van der Waals surface area contributed by atoms with Gasteiger partial charge in [0.25, 0.3) is 0 Å². The van der Waals surface area contributed by atoms with Crippen LogP contribution in [0.25, 0.3) is 0 Å². The molecule has 23 heavy (non-hydrogen) atoms. The Bertz CT molecular complexity index is 718. The topological polar surface area (TPSA) is 58.6 Å². The van der Waals surface area contributed by atoms with E-state index in [9.17, 15) is 9.59 Å². The highest BCUT2D eigenvalue weighted by Gasteiger charge is 2.15. The van der Waals surface area contributed by atoms with Gasteiger partial charge in [0.1, 0.15) is 0 Å². The second kappa shape index (κ2) is 7.65. The molecule has 0 saturated carbocycles. The van der Waals surface area contributed by atoms with Gasteiger partial charge in [-0.2, -0.15) is 0 Å². The molecule has 0 atom stereocenters. The molecule has 0 aliphatic rings. The molecule has 1 N–H and O–H groups in total. The van der Waals surface area contributed by atoms with Crippen LogP contribution in [0.4, 0.5) is 10.5 Å². The second-order valence-corrected chi connectivity index (χ2v) is 5.39. The summed E-state index contributed by atoms with van der Waals surface area (Å²) in [4.78, 5) is 25.5. The number of rotatable bonds is 4. The summed E-state index contributed by atoms with van der Waals surface area (Å²) in [7, 11) is 2.96. The van der Waals surface area contributed by atoms with Gasteiger partial charge in [-0.1, -0.05) is 35.9 Å². The van der Waals surface area contributed by atoms with Crippen LogP contribution in [0.3, 0.4) is 0 Å². The van der Waals surface area contributed by atoms with Gasteiger partial charge in [-0.3, -0.25) is 0 Å². The molecule has 0 saturated heterocycles. The van der Waals surface area contributed by atoms with Gasteiger partial charge in [-0.05, 0) is 29.8 Å². The number of halogens is 1. The third-order valence-corrected chi connectivity index (χ3v) is 3.46. The standard InChI is InChI=1S/C17H17ClN2O3/c1-20(11-12-6-5-7-13(18)10-12)17(22)19-15-9-4-3-8-14(15)16(21)23-2/h3-10H,11H2,1-2H3,(H,19,22). The van der Waals surface area contributed by atoms with Gasteiger partial charge in [0, 0.05) is 18.6 Å². The van der Waals surface area contributed by atoms with Gasteiger partial charge in [0.15, 0.2) is 0 Å². The molecule has 0 aromatic heterocycles. The van der Waals surface area contributed by atoms with Crippen molar-refractivity contribution in [3.8, 4) is 0 Å². The summed E-state index contributed by atoms with van der Waals surface area (Å²) in [5, 5.41) is 3.33. The number of ether oxygens (including phenoxy) is 1. The quantitative estimate of drug-likeness (QED) is 0.866. The predicted octanol–water partition coefficient (Wildman–Crippen LogP) is 3.79. The molecule has 0 fully saturated rings. The number of anilines is 1. The monoisotopic (exact) mass is 332 g/mol. The molecule has 0 unspecified atom stereocenters. The van der Waals surface area contributed by atoms with Crippen molar-refractivity contribution < 1.29 is 14.3 Å². The number of carbonyl (C=O) groups excluding carboxylic acids is 2. The predicted molar refractivity (Wildman–Crippen MR) is 89.7 cm³/mol. The number of urea groups is 1. The number of esters is 1. The van der Waals surface area contributed by atoms with Crippen molar-refractivity contribution in [3.63, 3.8) is 0 Å². The average molecular weight is 333 g/mol. The summed E-state index contributed by atoms with van der Waals surface area (Å²) in [6.07, 6.45) is 0. The zero-order valence-electron chi connectivity index (χ0n) is 12.9. The fourth-order valence-corrected chi connectivity index (χ4v) is 2.28. The van der Waals surface area contributed by atoms with Crippen LogP contribution in [0.2, 0.25) is 5.02 Å².